The smallest absolute Gasteiger partial charge is 0.0939 e. The number of pyridine rings is 2. The SMILES string of the molecule is c1ccc(-n2c3ccccc3c3c4c5ccccc5n(-c5cnc6c(c5)C5(c7ccccc7Sc7cc8c(cc75)-c5ccccc5C85c7ccccc7-c7ccccc75)c5cccnc5-6)c4ccc32)cc1. The molecule has 0 saturated heterocycles. The number of fused-ring (bicyclic) bond motifs is 26. The molecule has 2 spiro atoms. The second kappa shape index (κ2) is 13.5. The molecule has 3 aliphatic carbocycles. The molecule has 0 amide bonds. The first kappa shape index (κ1) is 38.1. The van der Waals surface area contributed by atoms with Crippen LogP contribution in [-0.2, 0) is 10.8 Å². The molecule has 5 heteroatoms. The fraction of sp³-hybridized carbons (Fsp3) is 0.0303. The number of benzene rings is 9. The maximum atomic E-state index is 5.54. The van der Waals surface area contributed by atoms with Gasteiger partial charge in [0.2, 0.25) is 0 Å². The van der Waals surface area contributed by atoms with Gasteiger partial charge in [0.15, 0.2) is 0 Å². The maximum absolute atomic E-state index is 5.54. The van der Waals surface area contributed by atoms with E-state index in [9.17, 15) is 0 Å². The van der Waals surface area contributed by atoms with Crippen LogP contribution < -0.4 is 0 Å². The van der Waals surface area contributed by atoms with Crippen molar-refractivity contribution in [3.8, 4) is 45.0 Å². The van der Waals surface area contributed by atoms with Crippen molar-refractivity contribution in [2.75, 3.05) is 0 Å². The zero-order valence-corrected chi connectivity index (χ0v) is 39.0. The molecule has 328 valence electrons. The van der Waals surface area contributed by atoms with Crippen LogP contribution in [0.2, 0.25) is 0 Å². The van der Waals surface area contributed by atoms with E-state index in [2.05, 4.69) is 234 Å². The van der Waals surface area contributed by atoms with Crippen LogP contribution in [0, 0.1) is 0 Å². The Morgan fingerprint density at radius 1 is 0.324 bits per heavy atom. The Balaban J connectivity index is 0.965. The molecule has 71 heavy (non-hydrogen) atoms. The van der Waals surface area contributed by atoms with E-state index in [4.69, 9.17) is 9.97 Å². The Kier molecular flexibility index (Phi) is 7.25. The van der Waals surface area contributed by atoms with E-state index < -0.39 is 10.8 Å². The molecule has 0 N–H and O–H groups in total. The van der Waals surface area contributed by atoms with E-state index in [1.807, 2.05) is 18.0 Å². The molecule has 0 fully saturated rings. The topological polar surface area (TPSA) is 35.6 Å². The van der Waals surface area contributed by atoms with Gasteiger partial charge in [0, 0.05) is 48.8 Å². The van der Waals surface area contributed by atoms with Crippen molar-refractivity contribution in [1.82, 2.24) is 19.1 Å². The second-order valence-electron chi connectivity index (χ2n) is 19.5. The number of aromatic nitrogens is 4. The number of hydrogen-bond donors (Lipinski definition) is 0. The number of nitrogens with zero attached hydrogens (tertiary/aromatic N) is 4. The first-order chi connectivity index (χ1) is 35.2. The second-order valence-corrected chi connectivity index (χ2v) is 20.6. The van der Waals surface area contributed by atoms with Crippen molar-refractivity contribution < 1.29 is 0 Å². The van der Waals surface area contributed by atoms with Crippen LogP contribution in [0.5, 0.6) is 0 Å². The quantitative estimate of drug-likeness (QED) is 0.173. The third-order valence-electron chi connectivity index (χ3n) is 16.5. The van der Waals surface area contributed by atoms with Gasteiger partial charge in [-0.1, -0.05) is 163 Å². The summed E-state index contributed by atoms with van der Waals surface area (Å²) in [5.74, 6) is 0. The fourth-order valence-corrected chi connectivity index (χ4v) is 15.2. The van der Waals surface area contributed by atoms with E-state index in [-0.39, 0.29) is 0 Å². The Morgan fingerprint density at radius 3 is 1.52 bits per heavy atom. The third-order valence-corrected chi connectivity index (χ3v) is 17.6. The Bertz CT molecular complexity index is 4480. The summed E-state index contributed by atoms with van der Waals surface area (Å²) in [5.41, 5.74) is 23.0. The van der Waals surface area contributed by atoms with Crippen molar-refractivity contribution in [1.29, 1.82) is 0 Å². The Morgan fingerprint density at radius 2 is 0.845 bits per heavy atom. The molecule has 13 aromatic rings. The minimum Gasteiger partial charge on any atom is -0.309 e. The van der Waals surface area contributed by atoms with Gasteiger partial charge >= 0.3 is 0 Å². The highest BCUT2D eigenvalue weighted by Gasteiger charge is 2.56. The Hall–Kier alpha value is -8.77. The molecule has 1 atom stereocenters. The lowest BCUT2D eigenvalue weighted by Crippen LogP contribution is -2.33. The van der Waals surface area contributed by atoms with E-state index in [0.717, 1.165) is 39.4 Å². The van der Waals surface area contributed by atoms with Crippen LogP contribution in [0.4, 0.5) is 0 Å². The lowest BCUT2D eigenvalue weighted by atomic mass is 9.66. The summed E-state index contributed by atoms with van der Waals surface area (Å²) in [4.78, 5) is 13.3. The standard InChI is InChI=1S/C66H38N4S/c1-2-17-39(18-3-1)69-55-29-13-7-22-44(55)61-57(69)32-33-58-62(61)45-23-8-14-30-56(45)70(58)40-35-54-64(68-38-40)63-51(28-16-34-67-63)66(54)50-27-12-15-31-59(50)71-60-37-52-46(36-53(60)66)43-21-6-11-26-49(43)65(52)47-24-9-4-19-41(47)42-20-5-10-25-48(42)65/h1-38H. The van der Waals surface area contributed by atoms with Gasteiger partial charge in [-0.25, -0.2) is 0 Å². The lowest BCUT2D eigenvalue weighted by molar-refractivity contribution is 0.714. The first-order valence-corrected chi connectivity index (χ1v) is 25.3. The van der Waals surface area contributed by atoms with E-state index in [1.165, 1.54) is 104 Å². The predicted molar refractivity (Wildman–Crippen MR) is 288 cm³/mol. The van der Waals surface area contributed by atoms with Crippen LogP contribution in [0.15, 0.2) is 241 Å². The Labute approximate surface area is 413 Å². The summed E-state index contributed by atoms with van der Waals surface area (Å²) in [5, 5.41) is 4.95. The summed E-state index contributed by atoms with van der Waals surface area (Å²) in [7, 11) is 0. The normalized spacial score (nSPS) is 16.0. The van der Waals surface area contributed by atoms with Crippen LogP contribution >= 0.6 is 11.8 Å². The van der Waals surface area contributed by atoms with Crippen molar-refractivity contribution in [3.05, 3.63) is 275 Å². The molecule has 4 aromatic heterocycles. The predicted octanol–water partition coefficient (Wildman–Crippen LogP) is 15.8. The minimum absolute atomic E-state index is 0.448. The van der Waals surface area contributed by atoms with Crippen LogP contribution in [0.1, 0.15) is 44.5 Å². The molecule has 1 unspecified atom stereocenters. The zero-order chi connectivity index (χ0) is 46.2. The van der Waals surface area contributed by atoms with Crippen LogP contribution in [0.3, 0.4) is 0 Å². The zero-order valence-electron chi connectivity index (χ0n) is 38.1. The molecule has 0 radical (unpaired) electrons. The molecule has 5 heterocycles. The van der Waals surface area contributed by atoms with Gasteiger partial charge in [0.25, 0.3) is 0 Å². The van der Waals surface area contributed by atoms with Gasteiger partial charge in [0.1, 0.15) is 0 Å². The van der Waals surface area contributed by atoms with Crippen molar-refractivity contribution in [3.63, 3.8) is 0 Å². The molecular weight excluding hydrogens is 881 g/mol. The van der Waals surface area contributed by atoms with Crippen LogP contribution in [0.25, 0.3) is 88.6 Å². The monoisotopic (exact) mass is 918 g/mol. The molecule has 0 saturated carbocycles. The summed E-state index contributed by atoms with van der Waals surface area (Å²) < 4.78 is 4.87. The van der Waals surface area contributed by atoms with Gasteiger partial charge in [-0.15, -0.1) is 0 Å². The summed E-state index contributed by atoms with van der Waals surface area (Å²) in [6, 6.07) is 81.6. The molecule has 0 bridgehead atoms. The number of hydrogen-bond acceptors (Lipinski definition) is 3. The maximum Gasteiger partial charge on any atom is 0.0939 e. The van der Waals surface area contributed by atoms with E-state index in [1.54, 1.807) is 0 Å². The van der Waals surface area contributed by atoms with Gasteiger partial charge < -0.3 is 9.13 Å². The highest BCUT2D eigenvalue weighted by Crippen LogP contribution is 2.67. The molecule has 4 nitrogen and oxygen atoms in total. The molecular formula is C66H38N4S. The van der Waals surface area contributed by atoms with Crippen molar-refractivity contribution in [2.45, 2.75) is 20.6 Å². The van der Waals surface area contributed by atoms with E-state index >= 15 is 0 Å². The molecule has 17 rings (SSSR count). The first-order valence-electron chi connectivity index (χ1n) is 24.5. The van der Waals surface area contributed by atoms with Gasteiger partial charge in [-0.3, -0.25) is 9.97 Å². The number of rotatable bonds is 2. The molecule has 9 aromatic carbocycles. The fourth-order valence-electron chi connectivity index (χ4n) is 13.9. The van der Waals surface area contributed by atoms with Crippen molar-refractivity contribution >= 4 is 55.4 Å². The average Bonchev–Trinajstić information content (AvgIpc) is 4.21. The summed E-state index contributed by atoms with van der Waals surface area (Å²) in [6.07, 6.45) is 4.02. The van der Waals surface area contributed by atoms with Crippen LogP contribution in [-0.4, -0.2) is 19.1 Å². The molecule has 1 aliphatic heterocycles. The lowest BCUT2D eigenvalue weighted by Gasteiger charge is -2.40. The third kappa shape index (κ3) is 4.51. The van der Waals surface area contributed by atoms with Gasteiger partial charge in [0.05, 0.1) is 56.2 Å². The average molecular weight is 919 g/mol. The highest BCUT2D eigenvalue weighted by atomic mass is 32.2. The van der Waals surface area contributed by atoms with Gasteiger partial charge in [-0.2, -0.15) is 0 Å². The molecule has 4 aliphatic rings. The van der Waals surface area contributed by atoms with Crippen molar-refractivity contribution in [2.24, 2.45) is 0 Å². The van der Waals surface area contributed by atoms with Gasteiger partial charge in [-0.05, 0) is 128 Å². The number of para-hydroxylation sites is 3. The minimum atomic E-state index is -0.709. The summed E-state index contributed by atoms with van der Waals surface area (Å²) >= 11 is 1.90. The largest absolute Gasteiger partial charge is 0.309 e. The van der Waals surface area contributed by atoms with E-state index in [0.29, 0.717) is 0 Å². The summed E-state index contributed by atoms with van der Waals surface area (Å²) in [6.45, 7) is 0. The highest BCUT2D eigenvalue weighted by molar-refractivity contribution is 7.99.